The Hall–Kier alpha value is -2.04. The third kappa shape index (κ3) is 3.55. The monoisotopic (exact) mass is 329 g/mol. The summed E-state index contributed by atoms with van der Waals surface area (Å²) < 4.78 is 0. The lowest BCUT2D eigenvalue weighted by Crippen LogP contribution is -2.50. The minimum absolute atomic E-state index is 0.00817. The van der Waals surface area contributed by atoms with Gasteiger partial charge in [-0.1, -0.05) is 18.6 Å². The number of fused-ring (bicyclic) bond motifs is 1. The number of carbonyl (C=O) groups is 2. The van der Waals surface area contributed by atoms with Crippen LogP contribution in [-0.4, -0.2) is 48.4 Å². The van der Waals surface area contributed by atoms with E-state index in [4.69, 9.17) is 0 Å². The van der Waals surface area contributed by atoms with E-state index in [1.807, 2.05) is 29.2 Å². The Kier molecular flexibility index (Phi) is 5.07. The zero-order valence-corrected chi connectivity index (χ0v) is 14.6. The SMILES string of the molecule is CN(C)C(=O)c1ccc(CNC(=O)N2CCC[C@@H]3CCC[C@@H]32)cc1. The van der Waals surface area contributed by atoms with E-state index in [2.05, 4.69) is 5.32 Å². The largest absolute Gasteiger partial charge is 0.345 e. The molecule has 0 aromatic heterocycles. The predicted octanol–water partition coefficient (Wildman–Crippen LogP) is 2.86. The fraction of sp³-hybridized carbons (Fsp3) is 0.579. The van der Waals surface area contributed by atoms with Gasteiger partial charge >= 0.3 is 6.03 Å². The third-order valence-corrected chi connectivity index (χ3v) is 5.30. The van der Waals surface area contributed by atoms with Crippen LogP contribution in [0.1, 0.15) is 48.0 Å². The molecule has 1 N–H and O–H groups in total. The van der Waals surface area contributed by atoms with Gasteiger partial charge in [-0.3, -0.25) is 4.79 Å². The predicted molar refractivity (Wildman–Crippen MR) is 93.8 cm³/mol. The first-order valence-corrected chi connectivity index (χ1v) is 8.91. The molecule has 130 valence electrons. The standard InChI is InChI=1S/C19H27N3O2/c1-21(2)18(23)16-10-8-14(9-11-16)13-20-19(24)22-12-4-6-15-5-3-7-17(15)22/h8-11,15,17H,3-7,12-13H2,1-2H3,(H,20,24)/t15-,17-/m0/s1. The lowest BCUT2D eigenvalue weighted by atomic mass is 9.92. The molecule has 5 nitrogen and oxygen atoms in total. The van der Waals surface area contributed by atoms with Gasteiger partial charge in [0.25, 0.3) is 5.91 Å². The molecule has 0 spiro atoms. The summed E-state index contributed by atoms with van der Waals surface area (Å²) in [5.41, 5.74) is 1.68. The lowest BCUT2D eigenvalue weighted by molar-refractivity contribution is 0.0827. The number of likely N-dealkylation sites (tertiary alicyclic amines) is 1. The van der Waals surface area contributed by atoms with Crippen LogP contribution in [0.5, 0.6) is 0 Å². The second-order valence-electron chi connectivity index (χ2n) is 7.15. The molecule has 1 heterocycles. The minimum Gasteiger partial charge on any atom is -0.345 e. The van der Waals surface area contributed by atoms with Gasteiger partial charge in [0.2, 0.25) is 0 Å². The Labute approximate surface area is 144 Å². The van der Waals surface area contributed by atoms with Gasteiger partial charge in [0.05, 0.1) is 0 Å². The maximum atomic E-state index is 12.5. The van der Waals surface area contributed by atoms with Gasteiger partial charge in [0.15, 0.2) is 0 Å². The molecular formula is C19H27N3O2. The maximum Gasteiger partial charge on any atom is 0.317 e. The van der Waals surface area contributed by atoms with E-state index in [0.717, 1.165) is 24.9 Å². The molecule has 3 rings (SSSR count). The molecule has 0 bridgehead atoms. The Morgan fingerprint density at radius 1 is 1.12 bits per heavy atom. The topological polar surface area (TPSA) is 52.7 Å². The van der Waals surface area contributed by atoms with E-state index in [1.54, 1.807) is 19.0 Å². The number of hydrogen-bond donors (Lipinski definition) is 1. The lowest BCUT2D eigenvalue weighted by Gasteiger charge is -2.37. The van der Waals surface area contributed by atoms with Gasteiger partial charge in [-0.25, -0.2) is 4.79 Å². The highest BCUT2D eigenvalue weighted by Gasteiger charge is 2.37. The van der Waals surface area contributed by atoms with Crippen molar-refractivity contribution in [3.8, 4) is 0 Å². The van der Waals surface area contributed by atoms with Crippen molar-refractivity contribution in [3.05, 3.63) is 35.4 Å². The fourth-order valence-electron chi connectivity index (χ4n) is 4.01. The molecule has 0 radical (unpaired) electrons. The van der Waals surface area contributed by atoms with Gasteiger partial charge in [-0.15, -0.1) is 0 Å². The van der Waals surface area contributed by atoms with Crippen molar-refractivity contribution in [2.24, 2.45) is 5.92 Å². The fourth-order valence-corrected chi connectivity index (χ4v) is 4.01. The van der Waals surface area contributed by atoms with E-state index < -0.39 is 0 Å². The van der Waals surface area contributed by atoms with Crippen molar-refractivity contribution >= 4 is 11.9 Å². The van der Waals surface area contributed by atoms with E-state index in [-0.39, 0.29) is 11.9 Å². The van der Waals surface area contributed by atoms with Crippen LogP contribution in [0.25, 0.3) is 0 Å². The van der Waals surface area contributed by atoms with Crippen LogP contribution in [-0.2, 0) is 6.54 Å². The Balaban J connectivity index is 1.55. The first-order chi connectivity index (χ1) is 11.6. The Morgan fingerprint density at radius 3 is 2.54 bits per heavy atom. The molecule has 1 saturated carbocycles. The molecule has 5 heteroatoms. The smallest absolute Gasteiger partial charge is 0.317 e. The molecule has 1 aromatic carbocycles. The van der Waals surface area contributed by atoms with Crippen LogP contribution in [0.3, 0.4) is 0 Å². The first kappa shape index (κ1) is 16.8. The van der Waals surface area contributed by atoms with Gasteiger partial charge in [0, 0.05) is 38.8 Å². The summed E-state index contributed by atoms with van der Waals surface area (Å²) in [6, 6.07) is 7.95. The van der Waals surface area contributed by atoms with Gasteiger partial charge in [-0.05, 0) is 49.3 Å². The van der Waals surface area contributed by atoms with E-state index in [1.165, 1.54) is 19.3 Å². The maximum absolute atomic E-state index is 12.5. The number of nitrogens with one attached hydrogen (secondary N) is 1. The second-order valence-corrected chi connectivity index (χ2v) is 7.15. The highest BCUT2D eigenvalue weighted by molar-refractivity contribution is 5.93. The molecular weight excluding hydrogens is 302 g/mol. The van der Waals surface area contributed by atoms with Crippen LogP contribution in [0, 0.1) is 5.92 Å². The summed E-state index contributed by atoms with van der Waals surface area (Å²) >= 11 is 0. The van der Waals surface area contributed by atoms with Crippen molar-refractivity contribution in [2.75, 3.05) is 20.6 Å². The molecule has 1 aromatic rings. The van der Waals surface area contributed by atoms with Gasteiger partial charge in [-0.2, -0.15) is 0 Å². The molecule has 1 aliphatic heterocycles. The number of urea groups is 1. The minimum atomic E-state index is -0.00817. The van der Waals surface area contributed by atoms with Gasteiger partial charge in [0.1, 0.15) is 0 Å². The molecule has 2 aliphatic rings. The summed E-state index contributed by atoms with van der Waals surface area (Å²) in [5, 5.41) is 3.04. The van der Waals surface area contributed by atoms with Crippen molar-refractivity contribution < 1.29 is 9.59 Å². The summed E-state index contributed by atoms with van der Waals surface area (Å²) in [5.74, 6) is 0.701. The molecule has 1 aliphatic carbocycles. The molecule has 2 atom stereocenters. The molecule has 3 amide bonds. The number of rotatable bonds is 3. The summed E-state index contributed by atoms with van der Waals surface area (Å²) in [6.07, 6.45) is 6.07. The van der Waals surface area contributed by atoms with E-state index in [0.29, 0.717) is 24.1 Å². The molecule has 1 saturated heterocycles. The average Bonchev–Trinajstić information content (AvgIpc) is 3.08. The number of piperidine rings is 1. The van der Waals surface area contributed by atoms with Crippen LogP contribution in [0.4, 0.5) is 4.79 Å². The number of benzene rings is 1. The van der Waals surface area contributed by atoms with Crippen molar-refractivity contribution in [1.29, 1.82) is 0 Å². The molecule has 0 unspecified atom stereocenters. The Morgan fingerprint density at radius 2 is 1.83 bits per heavy atom. The Bertz CT molecular complexity index is 597. The second kappa shape index (κ2) is 7.24. The van der Waals surface area contributed by atoms with E-state index >= 15 is 0 Å². The van der Waals surface area contributed by atoms with Crippen molar-refractivity contribution in [2.45, 2.75) is 44.7 Å². The number of hydrogen-bond acceptors (Lipinski definition) is 2. The zero-order chi connectivity index (χ0) is 17.1. The first-order valence-electron chi connectivity index (χ1n) is 8.91. The van der Waals surface area contributed by atoms with Crippen LogP contribution in [0.15, 0.2) is 24.3 Å². The normalized spacial score (nSPS) is 22.8. The number of amides is 3. The quantitative estimate of drug-likeness (QED) is 0.927. The molecule has 24 heavy (non-hydrogen) atoms. The summed E-state index contributed by atoms with van der Waals surface area (Å²) in [6.45, 7) is 1.38. The summed E-state index contributed by atoms with van der Waals surface area (Å²) in [7, 11) is 3.48. The number of nitrogens with zero attached hydrogens (tertiary/aromatic N) is 2. The highest BCUT2D eigenvalue weighted by atomic mass is 16.2. The van der Waals surface area contributed by atoms with Gasteiger partial charge < -0.3 is 15.1 Å². The van der Waals surface area contributed by atoms with Crippen molar-refractivity contribution in [3.63, 3.8) is 0 Å². The van der Waals surface area contributed by atoms with Crippen LogP contribution < -0.4 is 5.32 Å². The summed E-state index contributed by atoms with van der Waals surface area (Å²) in [4.78, 5) is 28.0. The highest BCUT2D eigenvalue weighted by Crippen LogP contribution is 2.36. The van der Waals surface area contributed by atoms with Crippen LogP contribution >= 0.6 is 0 Å². The molecule has 2 fully saturated rings. The zero-order valence-electron chi connectivity index (χ0n) is 14.6. The number of carbonyl (C=O) groups excluding carboxylic acids is 2. The average molecular weight is 329 g/mol. The van der Waals surface area contributed by atoms with E-state index in [9.17, 15) is 9.59 Å². The third-order valence-electron chi connectivity index (χ3n) is 5.30. The van der Waals surface area contributed by atoms with Crippen LogP contribution in [0.2, 0.25) is 0 Å². The van der Waals surface area contributed by atoms with Crippen molar-refractivity contribution in [1.82, 2.24) is 15.1 Å².